The summed E-state index contributed by atoms with van der Waals surface area (Å²) in [4.78, 5) is 22.7. The quantitative estimate of drug-likeness (QED) is 0.172. The minimum atomic E-state index is -2.57. The van der Waals surface area contributed by atoms with Crippen LogP contribution in [-0.2, 0) is 13.5 Å². The maximum absolute atomic E-state index is 13.8. The van der Waals surface area contributed by atoms with Gasteiger partial charge in [-0.05, 0) is 78.9 Å². The van der Waals surface area contributed by atoms with Crippen molar-refractivity contribution in [3.8, 4) is 22.4 Å². The van der Waals surface area contributed by atoms with E-state index in [1.54, 1.807) is 29.8 Å². The van der Waals surface area contributed by atoms with E-state index in [0.29, 0.717) is 29.2 Å². The molecular weight excluding hydrogens is 568 g/mol. The molecule has 234 valence electrons. The van der Waals surface area contributed by atoms with Crippen molar-refractivity contribution in [2.45, 2.75) is 72.3 Å². The topological polar surface area (TPSA) is 63.9 Å². The first-order chi connectivity index (χ1) is 21.6. The van der Waals surface area contributed by atoms with Gasteiger partial charge in [-0.3, -0.25) is 19.4 Å². The zero-order chi connectivity index (χ0) is 32.2. The molecule has 1 aliphatic heterocycles. The molecule has 0 saturated carbocycles. The van der Waals surface area contributed by atoms with E-state index in [1.807, 2.05) is 31.7 Å². The molecular formula is C37H41F2N5O. The molecule has 6 nitrogen and oxygen atoms in total. The summed E-state index contributed by atoms with van der Waals surface area (Å²) < 4.78 is 29.4. The molecule has 8 heteroatoms. The first-order valence-corrected chi connectivity index (χ1v) is 15.7. The van der Waals surface area contributed by atoms with Crippen LogP contribution < -0.4 is 4.90 Å². The van der Waals surface area contributed by atoms with E-state index in [9.17, 15) is 13.6 Å². The number of carbonyl (C=O) groups excluding carboxylic acids is 1. The fourth-order valence-corrected chi connectivity index (χ4v) is 5.95. The van der Waals surface area contributed by atoms with Gasteiger partial charge in [0.25, 0.3) is 6.43 Å². The number of rotatable bonds is 7. The van der Waals surface area contributed by atoms with E-state index in [4.69, 9.17) is 0 Å². The van der Waals surface area contributed by atoms with Crippen LogP contribution >= 0.6 is 0 Å². The number of pyridine rings is 2. The highest BCUT2D eigenvalue weighted by atomic mass is 19.3. The Morgan fingerprint density at radius 1 is 0.933 bits per heavy atom. The lowest BCUT2D eigenvalue weighted by Crippen LogP contribution is -2.35. The number of anilines is 1. The Labute approximate surface area is 264 Å². The number of aryl methyl sites for hydroxylation is 2. The Morgan fingerprint density at radius 2 is 1.73 bits per heavy atom. The fraction of sp³-hybridized carbons (Fsp3) is 0.351. The van der Waals surface area contributed by atoms with Gasteiger partial charge < -0.3 is 4.90 Å². The summed E-state index contributed by atoms with van der Waals surface area (Å²) in [5, 5.41) is 6.67. The molecule has 3 aromatic heterocycles. The van der Waals surface area contributed by atoms with Crippen LogP contribution in [0.2, 0.25) is 0 Å². The third kappa shape index (κ3) is 6.95. The molecule has 6 rings (SSSR count). The average molecular weight is 610 g/mol. The minimum Gasteiger partial charge on any atom is -0.369 e. The lowest BCUT2D eigenvalue weighted by Gasteiger charge is -2.35. The zero-order valence-corrected chi connectivity index (χ0v) is 26.9. The van der Waals surface area contributed by atoms with Gasteiger partial charge in [0.15, 0.2) is 5.78 Å². The van der Waals surface area contributed by atoms with Crippen LogP contribution in [0.4, 0.5) is 14.5 Å². The highest BCUT2D eigenvalue weighted by Gasteiger charge is 2.24. The Hall–Kier alpha value is -4.46. The summed E-state index contributed by atoms with van der Waals surface area (Å²) >= 11 is 0. The summed E-state index contributed by atoms with van der Waals surface area (Å²) in [5.74, 6) is 0.457. The second kappa shape index (κ2) is 13.7. The summed E-state index contributed by atoms with van der Waals surface area (Å²) in [6, 6.07) is 15.7. The predicted octanol–water partition coefficient (Wildman–Crippen LogP) is 9.20. The summed E-state index contributed by atoms with van der Waals surface area (Å²) in [7, 11) is 1.92. The standard InChI is InChI=1S/C21H24F2N2O.C16H17N3/c1-4-20(26)18-8-7-15(12-24-18)16-10-14-6-5-9-25(13(2)3)19(14)11-17(16)21(22)23;1-11(2)14-6-4-5-12-7-16(17-9-15(12)14)13-8-18-19(3)10-13/h7-8,10-13,21H,4-6,9H2,1-3H3;4-11H,1-3H3. The van der Waals surface area contributed by atoms with Crippen molar-refractivity contribution in [1.82, 2.24) is 19.7 Å². The lowest BCUT2D eigenvalue weighted by atomic mass is 9.92. The number of ketones is 1. The van der Waals surface area contributed by atoms with E-state index in [0.717, 1.165) is 41.9 Å². The van der Waals surface area contributed by atoms with Crippen LogP contribution in [0.3, 0.4) is 0 Å². The van der Waals surface area contributed by atoms with Gasteiger partial charge >= 0.3 is 0 Å². The fourth-order valence-electron chi connectivity index (χ4n) is 5.95. The van der Waals surface area contributed by atoms with Crippen LogP contribution in [-0.4, -0.2) is 38.1 Å². The number of halogens is 2. The Morgan fingerprint density at radius 3 is 2.36 bits per heavy atom. The Balaban J connectivity index is 0.000000186. The molecule has 1 aliphatic rings. The van der Waals surface area contributed by atoms with E-state index >= 15 is 0 Å². The van der Waals surface area contributed by atoms with Gasteiger partial charge in [0.2, 0.25) is 0 Å². The second-order valence-electron chi connectivity index (χ2n) is 12.2. The maximum Gasteiger partial charge on any atom is 0.264 e. The smallest absolute Gasteiger partial charge is 0.264 e. The maximum atomic E-state index is 13.8. The molecule has 5 aromatic rings. The van der Waals surface area contributed by atoms with Gasteiger partial charge in [0.1, 0.15) is 5.69 Å². The van der Waals surface area contributed by atoms with E-state index in [1.165, 1.54) is 22.5 Å². The van der Waals surface area contributed by atoms with Crippen molar-refractivity contribution in [2.75, 3.05) is 11.4 Å². The number of benzene rings is 2. The van der Waals surface area contributed by atoms with Crippen LogP contribution in [0.5, 0.6) is 0 Å². The highest BCUT2D eigenvalue weighted by molar-refractivity contribution is 5.94. The molecule has 0 aliphatic carbocycles. The number of carbonyl (C=O) groups is 1. The van der Waals surface area contributed by atoms with Crippen LogP contribution in [0.15, 0.2) is 73.3 Å². The van der Waals surface area contributed by atoms with Gasteiger partial charge in [0.05, 0.1) is 11.9 Å². The molecule has 0 unspecified atom stereocenters. The molecule has 2 aromatic carbocycles. The number of nitrogens with zero attached hydrogens (tertiary/aromatic N) is 5. The Bertz CT molecular complexity index is 1790. The Kier molecular flexibility index (Phi) is 9.71. The third-order valence-electron chi connectivity index (χ3n) is 8.37. The minimum absolute atomic E-state index is 0.0210. The van der Waals surface area contributed by atoms with Gasteiger partial charge in [-0.2, -0.15) is 5.10 Å². The number of aromatic nitrogens is 4. The molecule has 0 amide bonds. The molecule has 0 radical (unpaired) electrons. The lowest BCUT2D eigenvalue weighted by molar-refractivity contribution is 0.0983. The van der Waals surface area contributed by atoms with Crippen molar-refractivity contribution >= 4 is 22.2 Å². The zero-order valence-electron chi connectivity index (χ0n) is 26.9. The number of hydrogen-bond donors (Lipinski definition) is 0. The predicted molar refractivity (Wildman–Crippen MR) is 178 cm³/mol. The highest BCUT2D eigenvalue weighted by Crippen LogP contribution is 2.39. The number of fused-ring (bicyclic) bond motifs is 2. The largest absolute Gasteiger partial charge is 0.369 e. The van der Waals surface area contributed by atoms with Gasteiger partial charge in [0, 0.05) is 72.4 Å². The molecule has 0 spiro atoms. The first kappa shape index (κ1) is 31.9. The average Bonchev–Trinajstić information content (AvgIpc) is 3.49. The summed E-state index contributed by atoms with van der Waals surface area (Å²) in [5.41, 5.74) is 6.91. The van der Waals surface area contributed by atoms with Crippen molar-refractivity contribution in [2.24, 2.45) is 7.05 Å². The second-order valence-corrected chi connectivity index (χ2v) is 12.2. The molecule has 4 heterocycles. The van der Waals surface area contributed by atoms with Crippen molar-refractivity contribution in [3.05, 3.63) is 95.7 Å². The number of hydrogen-bond acceptors (Lipinski definition) is 5. The molecule has 0 atom stereocenters. The van der Waals surface area contributed by atoms with E-state index in [2.05, 4.69) is 71.9 Å². The van der Waals surface area contributed by atoms with Crippen LogP contribution in [0, 0.1) is 0 Å². The van der Waals surface area contributed by atoms with Crippen molar-refractivity contribution < 1.29 is 13.6 Å². The summed E-state index contributed by atoms with van der Waals surface area (Å²) in [6.07, 6.45) is 7.05. The van der Waals surface area contributed by atoms with E-state index < -0.39 is 6.43 Å². The molecule has 0 fully saturated rings. The van der Waals surface area contributed by atoms with Crippen molar-refractivity contribution in [1.29, 1.82) is 0 Å². The number of alkyl halides is 2. The van der Waals surface area contributed by atoms with Gasteiger partial charge in [-0.1, -0.05) is 45.0 Å². The number of Topliss-reactive ketones (excluding diaryl/α,β-unsaturated/α-hetero) is 1. The molecule has 0 bridgehead atoms. The van der Waals surface area contributed by atoms with Crippen LogP contribution in [0.25, 0.3) is 33.2 Å². The van der Waals surface area contributed by atoms with Gasteiger partial charge in [-0.15, -0.1) is 0 Å². The monoisotopic (exact) mass is 609 g/mol. The third-order valence-corrected chi connectivity index (χ3v) is 8.37. The van der Waals surface area contributed by atoms with Crippen molar-refractivity contribution in [3.63, 3.8) is 0 Å². The van der Waals surface area contributed by atoms with E-state index in [-0.39, 0.29) is 17.4 Å². The molecule has 0 saturated heterocycles. The SMILES string of the molecule is CC(C)c1cccc2cc(-c3cnn(C)c3)ncc12.CCC(=O)c1ccc(-c2cc3c(cc2C(F)F)N(C(C)C)CCC3)cn1. The summed E-state index contributed by atoms with van der Waals surface area (Å²) in [6.45, 7) is 11.3. The normalized spacial score (nSPS) is 12.9. The molecule has 0 N–H and O–H groups in total. The molecule has 45 heavy (non-hydrogen) atoms. The van der Waals surface area contributed by atoms with Gasteiger partial charge in [-0.25, -0.2) is 8.78 Å². The van der Waals surface area contributed by atoms with Crippen LogP contribution in [0.1, 0.15) is 87.0 Å². The first-order valence-electron chi connectivity index (χ1n) is 15.7.